The van der Waals surface area contributed by atoms with Crippen molar-refractivity contribution in [2.45, 2.75) is 26.7 Å². The van der Waals surface area contributed by atoms with Gasteiger partial charge < -0.3 is 10.2 Å². The fourth-order valence-corrected chi connectivity index (χ4v) is 2.20. The first-order chi connectivity index (χ1) is 10.2. The molecule has 1 heterocycles. The number of anilines is 1. The van der Waals surface area contributed by atoms with Gasteiger partial charge in [0.15, 0.2) is 0 Å². The summed E-state index contributed by atoms with van der Waals surface area (Å²) >= 11 is 0. The van der Waals surface area contributed by atoms with E-state index in [1.54, 1.807) is 23.2 Å². The molecule has 2 amide bonds. The number of carbonyl (C=O) groups excluding carboxylic acids is 2. The lowest BCUT2D eigenvalue weighted by Gasteiger charge is -2.20. The van der Waals surface area contributed by atoms with E-state index in [2.05, 4.69) is 15.5 Å². The van der Waals surface area contributed by atoms with Crippen molar-refractivity contribution in [3.8, 4) is 0 Å². The SMILES string of the molecule is CCCN(CCC)C(=O)C(=O)Nc1ccc2cn[nH]c2c1. The highest BCUT2D eigenvalue weighted by molar-refractivity contribution is 6.39. The van der Waals surface area contributed by atoms with Crippen LogP contribution in [0.5, 0.6) is 0 Å². The molecule has 6 nitrogen and oxygen atoms in total. The van der Waals surface area contributed by atoms with Gasteiger partial charge in [-0.1, -0.05) is 13.8 Å². The number of hydrogen-bond donors (Lipinski definition) is 2. The van der Waals surface area contributed by atoms with Gasteiger partial charge in [0.1, 0.15) is 0 Å². The lowest BCUT2D eigenvalue weighted by molar-refractivity contribution is -0.143. The average molecular weight is 288 g/mol. The Morgan fingerprint density at radius 2 is 1.95 bits per heavy atom. The monoisotopic (exact) mass is 288 g/mol. The van der Waals surface area contributed by atoms with Gasteiger partial charge in [0.25, 0.3) is 0 Å². The van der Waals surface area contributed by atoms with Crippen LogP contribution in [0.25, 0.3) is 10.9 Å². The molecule has 6 heteroatoms. The van der Waals surface area contributed by atoms with Gasteiger partial charge in [-0.25, -0.2) is 0 Å². The highest BCUT2D eigenvalue weighted by atomic mass is 16.2. The van der Waals surface area contributed by atoms with Crippen molar-refractivity contribution < 1.29 is 9.59 Å². The third-order valence-corrected chi connectivity index (χ3v) is 3.17. The average Bonchev–Trinajstić information content (AvgIpc) is 2.93. The first-order valence-corrected chi connectivity index (χ1v) is 7.19. The summed E-state index contributed by atoms with van der Waals surface area (Å²) in [5.41, 5.74) is 1.40. The van der Waals surface area contributed by atoms with Gasteiger partial charge in [-0.3, -0.25) is 14.7 Å². The molecule has 0 aliphatic carbocycles. The van der Waals surface area contributed by atoms with Crippen molar-refractivity contribution in [1.82, 2.24) is 15.1 Å². The Kier molecular flexibility index (Phi) is 4.92. The quantitative estimate of drug-likeness (QED) is 0.827. The van der Waals surface area contributed by atoms with Crippen LogP contribution in [0, 0.1) is 0 Å². The topological polar surface area (TPSA) is 78.1 Å². The van der Waals surface area contributed by atoms with Crippen molar-refractivity contribution in [1.29, 1.82) is 0 Å². The minimum Gasteiger partial charge on any atom is -0.334 e. The van der Waals surface area contributed by atoms with Crippen LogP contribution < -0.4 is 5.32 Å². The van der Waals surface area contributed by atoms with E-state index >= 15 is 0 Å². The van der Waals surface area contributed by atoms with Gasteiger partial charge in [0.05, 0.1) is 11.7 Å². The zero-order valence-corrected chi connectivity index (χ0v) is 12.3. The number of nitrogens with zero attached hydrogens (tertiary/aromatic N) is 2. The van der Waals surface area contributed by atoms with Crippen LogP contribution in [0.15, 0.2) is 24.4 Å². The van der Waals surface area contributed by atoms with E-state index in [-0.39, 0.29) is 0 Å². The number of carbonyl (C=O) groups is 2. The summed E-state index contributed by atoms with van der Waals surface area (Å²) in [5.74, 6) is -1.08. The van der Waals surface area contributed by atoms with Crippen LogP contribution in [0.4, 0.5) is 5.69 Å². The number of benzene rings is 1. The van der Waals surface area contributed by atoms with Crippen LogP contribution >= 0.6 is 0 Å². The molecule has 0 aliphatic heterocycles. The van der Waals surface area contributed by atoms with Gasteiger partial charge in [-0.15, -0.1) is 0 Å². The molecule has 0 saturated carbocycles. The number of aromatic amines is 1. The Bertz CT molecular complexity index is 629. The molecule has 0 saturated heterocycles. The molecule has 112 valence electrons. The maximum Gasteiger partial charge on any atom is 0.313 e. The van der Waals surface area contributed by atoms with Crippen molar-refractivity contribution in [2.24, 2.45) is 0 Å². The third-order valence-electron chi connectivity index (χ3n) is 3.17. The Balaban J connectivity index is 2.06. The highest BCUT2D eigenvalue weighted by Crippen LogP contribution is 2.16. The summed E-state index contributed by atoms with van der Waals surface area (Å²) in [5, 5.41) is 10.3. The maximum atomic E-state index is 12.1. The Morgan fingerprint density at radius 3 is 2.62 bits per heavy atom. The molecule has 2 rings (SSSR count). The smallest absolute Gasteiger partial charge is 0.313 e. The fourth-order valence-electron chi connectivity index (χ4n) is 2.20. The maximum absolute atomic E-state index is 12.1. The highest BCUT2D eigenvalue weighted by Gasteiger charge is 2.20. The number of H-pyrrole nitrogens is 1. The Hall–Kier alpha value is -2.37. The van der Waals surface area contributed by atoms with E-state index in [9.17, 15) is 9.59 Å². The van der Waals surface area contributed by atoms with E-state index in [4.69, 9.17) is 0 Å². The number of aromatic nitrogens is 2. The van der Waals surface area contributed by atoms with E-state index < -0.39 is 11.8 Å². The molecule has 0 fully saturated rings. The predicted octanol–water partition coefficient (Wildman–Crippen LogP) is 2.15. The van der Waals surface area contributed by atoms with E-state index in [0.717, 1.165) is 23.7 Å². The molecule has 0 unspecified atom stereocenters. The molecule has 21 heavy (non-hydrogen) atoms. The summed E-state index contributed by atoms with van der Waals surface area (Å²) in [6.07, 6.45) is 3.37. The normalized spacial score (nSPS) is 10.6. The molecule has 2 N–H and O–H groups in total. The zero-order valence-electron chi connectivity index (χ0n) is 12.3. The Labute approximate surface area is 123 Å². The van der Waals surface area contributed by atoms with Crippen molar-refractivity contribution in [3.63, 3.8) is 0 Å². The summed E-state index contributed by atoms with van der Waals surface area (Å²) < 4.78 is 0. The fraction of sp³-hybridized carbons (Fsp3) is 0.400. The summed E-state index contributed by atoms with van der Waals surface area (Å²) in [7, 11) is 0. The van der Waals surface area contributed by atoms with E-state index in [1.165, 1.54) is 0 Å². The predicted molar refractivity (Wildman–Crippen MR) is 81.9 cm³/mol. The first-order valence-electron chi connectivity index (χ1n) is 7.19. The Morgan fingerprint density at radius 1 is 1.24 bits per heavy atom. The molecule has 0 aliphatic rings. The second-order valence-electron chi connectivity index (χ2n) is 4.92. The van der Waals surface area contributed by atoms with Gasteiger partial charge >= 0.3 is 11.8 Å². The summed E-state index contributed by atoms with van der Waals surface area (Å²) in [6, 6.07) is 5.36. The van der Waals surface area contributed by atoms with Gasteiger partial charge in [-0.05, 0) is 31.0 Å². The van der Waals surface area contributed by atoms with Crippen LogP contribution in [0.2, 0.25) is 0 Å². The molecular formula is C15H20N4O2. The van der Waals surface area contributed by atoms with Crippen molar-refractivity contribution >= 4 is 28.4 Å². The first kappa shape index (κ1) is 15.0. The molecular weight excluding hydrogens is 268 g/mol. The minimum absolute atomic E-state index is 0.483. The van der Waals surface area contributed by atoms with Crippen molar-refractivity contribution in [3.05, 3.63) is 24.4 Å². The van der Waals surface area contributed by atoms with E-state index in [1.807, 2.05) is 19.9 Å². The van der Waals surface area contributed by atoms with Crippen LogP contribution in [-0.4, -0.2) is 40.0 Å². The van der Waals surface area contributed by atoms with E-state index in [0.29, 0.717) is 18.8 Å². The van der Waals surface area contributed by atoms with Gasteiger partial charge in [0, 0.05) is 24.2 Å². The van der Waals surface area contributed by atoms with Crippen molar-refractivity contribution in [2.75, 3.05) is 18.4 Å². The third kappa shape index (κ3) is 3.59. The van der Waals surface area contributed by atoms with Crippen LogP contribution in [0.3, 0.4) is 0 Å². The lowest BCUT2D eigenvalue weighted by Crippen LogP contribution is -2.40. The number of fused-ring (bicyclic) bond motifs is 1. The molecule has 0 bridgehead atoms. The minimum atomic E-state index is -0.601. The van der Waals surface area contributed by atoms with Crippen LogP contribution in [0.1, 0.15) is 26.7 Å². The molecule has 1 aromatic carbocycles. The molecule has 0 atom stereocenters. The molecule has 1 aromatic heterocycles. The zero-order chi connectivity index (χ0) is 15.2. The standard InChI is InChI=1S/C15H20N4O2/c1-3-7-19(8-4-2)15(21)14(20)17-12-6-5-11-10-16-18-13(11)9-12/h5-6,9-10H,3-4,7-8H2,1-2H3,(H,16,18)(H,17,20). The molecule has 0 spiro atoms. The number of nitrogens with one attached hydrogen (secondary N) is 2. The number of hydrogen-bond acceptors (Lipinski definition) is 3. The number of amides is 2. The summed E-state index contributed by atoms with van der Waals surface area (Å²) in [6.45, 7) is 5.17. The van der Waals surface area contributed by atoms with Crippen LogP contribution in [-0.2, 0) is 9.59 Å². The lowest BCUT2D eigenvalue weighted by atomic mass is 10.2. The molecule has 2 aromatic rings. The largest absolute Gasteiger partial charge is 0.334 e. The van der Waals surface area contributed by atoms with Gasteiger partial charge in [-0.2, -0.15) is 5.10 Å². The second kappa shape index (κ2) is 6.88. The summed E-state index contributed by atoms with van der Waals surface area (Å²) in [4.78, 5) is 25.8. The molecule has 0 radical (unpaired) electrons. The second-order valence-corrected chi connectivity index (χ2v) is 4.92. The number of rotatable bonds is 5. The van der Waals surface area contributed by atoms with Gasteiger partial charge in [0.2, 0.25) is 0 Å².